The summed E-state index contributed by atoms with van der Waals surface area (Å²) in [7, 11) is 4.24. The number of hydrogen-bond acceptors (Lipinski definition) is 4. The molecular formula is C29H36F3N3O2. The molecule has 0 amide bonds. The van der Waals surface area contributed by atoms with Crippen molar-refractivity contribution in [3.63, 3.8) is 0 Å². The van der Waals surface area contributed by atoms with Crippen LogP contribution in [0.2, 0.25) is 0 Å². The van der Waals surface area contributed by atoms with Crippen molar-refractivity contribution in [3.8, 4) is 11.1 Å². The van der Waals surface area contributed by atoms with Crippen LogP contribution in [0.3, 0.4) is 0 Å². The molecular weight excluding hydrogens is 479 g/mol. The maximum absolute atomic E-state index is 10.6. The molecule has 8 heteroatoms. The number of carbonyl (C=O) groups is 1. The molecule has 0 unspecified atom stereocenters. The van der Waals surface area contributed by atoms with E-state index >= 15 is 0 Å². The van der Waals surface area contributed by atoms with Crippen LogP contribution < -0.4 is 10.6 Å². The van der Waals surface area contributed by atoms with E-state index in [4.69, 9.17) is 9.90 Å². The first-order valence-corrected chi connectivity index (χ1v) is 12.2. The molecule has 3 aromatic rings. The predicted molar refractivity (Wildman–Crippen MR) is 142 cm³/mol. The Kier molecular flexibility index (Phi) is 12.8. The lowest BCUT2D eigenvalue weighted by Crippen LogP contribution is -2.21. The van der Waals surface area contributed by atoms with Crippen molar-refractivity contribution < 1.29 is 23.1 Å². The van der Waals surface area contributed by atoms with Gasteiger partial charge in [0.15, 0.2) is 0 Å². The molecule has 0 saturated carbocycles. The Morgan fingerprint density at radius 3 is 1.65 bits per heavy atom. The number of aliphatic carboxylic acids is 1. The summed E-state index contributed by atoms with van der Waals surface area (Å²) in [4.78, 5) is 11.1. The van der Waals surface area contributed by atoms with Gasteiger partial charge in [0.2, 0.25) is 0 Å². The maximum Gasteiger partial charge on any atom is 0.490 e. The molecule has 0 aliphatic carbocycles. The first kappa shape index (κ1) is 30.0. The zero-order valence-electron chi connectivity index (χ0n) is 21.4. The number of carboxylic acid groups (broad SMARTS) is 1. The van der Waals surface area contributed by atoms with Crippen LogP contribution in [0, 0.1) is 0 Å². The molecule has 0 bridgehead atoms. The Morgan fingerprint density at radius 2 is 1.22 bits per heavy atom. The number of carboxylic acids is 1. The van der Waals surface area contributed by atoms with Gasteiger partial charge in [-0.1, -0.05) is 78.9 Å². The molecule has 200 valence electrons. The second-order valence-corrected chi connectivity index (χ2v) is 8.94. The highest BCUT2D eigenvalue weighted by Crippen LogP contribution is 2.20. The number of rotatable bonds is 12. The van der Waals surface area contributed by atoms with Crippen molar-refractivity contribution in [1.29, 1.82) is 0 Å². The van der Waals surface area contributed by atoms with Crippen LogP contribution in [0.1, 0.15) is 23.1 Å². The van der Waals surface area contributed by atoms with Gasteiger partial charge < -0.3 is 20.6 Å². The number of nitrogens with zero attached hydrogens (tertiary/aromatic N) is 1. The molecule has 0 atom stereocenters. The summed E-state index contributed by atoms with van der Waals surface area (Å²) in [5.74, 6) is -2.76. The average Bonchev–Trinajstić information content (AvgIpc) is 2.87. The van der Waals surface area contributed by atoms with Gasteiger partial charge in [-0.2, -0.15) is 13.2 Å². The van der Waals surface area contributed by atoms with Crippen LogP contribution in [0.4, 0.5) is 13.2 Å². The van der Waals surface area contributed by atoms with Crippen LogP contribution in [0.5, 0.6) is 0 Å². The summed E-state index contributed by atoms with van der Waals surface area (Å²) in [5, 5.41) is 14.2. The monoisotopic (exact) mass is 515 g/mol. The van der Waals surface area contributed by atoms with E-state index in [-0.39, 0.29) is 0 Å². The predicted octanol–water partition coefficient (Wildman–Crippen LogP) is 5.36. The van der Waals surface area contributed by atoms with E-state index in [2.05, 4.69) is 108 Å². The number of halogens is 3. The van der Waals surface area contributed by atoms with Gasteiger partial charge in [0.1, 0.15) is 0 Å². The van der Waals surface area contributed by atoms with E-state index < -0.39 is 12.1 Å². The SMILES string of the molecule is CN(C)CCCNCc1ccc(-c2ccc(CNCCc3ccccc3)cc2)cc1.O=C(O)C(F)(F)F. The van der Waals surface area contributed by atoms with Gasteiger partial charge in [-0.05, 0) is 74.4 Å². The summed E-state index contributed by atoms with van der Waals surface area (Å²) in [6.45, 7) is 5.02. The van der Waals surface area contributed by atoms with E-state index in [0.717, 1.165) is 39.1 Å². The first-order chi connectivity index (χ1) is 17.6. The molecule has 3 N–H and O–H groups in total. The molecule has 0 radical (unpaired) electrons. The molecule has 3 rings (SSSR count). The van der Waals surface area contributed by atoms with E-state index in [0.29, 0.717) is 0 Å². The summed E-state index contributed by atoms with van der Waals surface area (Å²) < 4.78 is 31.7. The van der Waals surface area contributed by atoms with Gasteiger partial charge >= 0.3 is 12.1 Å². The van der Waals surface area contributed by atoms with Gasteiger partial charge in [-0.25, -0.2) is 4.79 Å². The normalized spacial score (nSPS) is 11.2. The van der Waals surface area contributed by atoms with E-state index in [9.17, 15) is 13.2 Å². The van der Waals surface area contributed by atoms with Crippen molar-refractivity contribution in [1.82, 2.24) is 15.5 Å². The number of benzene rings is 3. The standard InChI is InChI=1S/C27H35N3.C2HF3O2/c1-30(2)20-6-18-28-21-24-9-13-26(14-10-24)27-15-11-25(12-16-27)22-29-19-17-23-7-4-3-5-8-23;3-2(4,5)1(6)7/h3-5,7-16,28-29H,6,17-22H2,1-2H3;(H,6,7). The summed E-state index contributed by atoms with van der Waals surface area (Å²) in [5.41, 5.74) is 6.59. The topological polar surface area (TPSA) is 64.6 Å². The molecule has 0 spiro atoms. The molecule has 0 aromatic heterocycles. The lowest BCUT2D eigenvalue weighted by Gasteiger charge is -2.10. The lowest BCUT2D eigenvalue weighted by atomic mass is 10.0. The van der Waals surface area contributed by atoms with Crippen molar-refractivity contribution in [2.45, 2.75) is 32.1 Å². The van der Waals surface area contributed by atoms with Gasteiger partial charge in [0.25, 0.3) is 0 Å². The summed E-state index contributed by atoms with van der Waals surface area (Å²) in [6.07, 6.45) is -2.84. The lowest BCUT2D eigenvalue weighted by molar-refractivity contribution is -0.192. The maximum atomic E-state index is 10.6. The number of alkyl halides is 3. The average molecular weight is 516 g/mol. The van der Waals surface area contributed by atoms with Gasteiger partial charge in [0, 0.05) is 13.1 Å². The van der Waals surface area contributed by atoms with Crippen LogP contribution in [0.25, 0.3) is 11.1 Å². The van der Waals surface area contributed by atoms with Gasteiger partial charge in [-0.3, -0.25) is 0 Å². The third-order valence-electron chi connectivity index (χ3n) is 5.53. The fraction of sp³-hybridized carbons (Fsp3) is 0.345. The second kappa shape index (κ2) is 15.8. The second-order valence-electron chi connectivity index (χ2n) is 8.94. The Labute approximate surface area is 217 Å². The smallest absolute Gasteiger partial charge is 0.475 e. The molecule has 0 aliphatic rings. The highest BCUT2D eigenvalue weighted by atomic mass is 19.4. The summed E-state index contributed by atoms with van der Waals surface area (Å²) >= 11 is 0. The Hall–Kier alpha value is -3.20. The Morgan fingerprint density at radius 1 is 0.757 bits per heavy atom. The Balaban J connectivity index is 0.000000604. The van der Waals surface area contributed by atoms with Crippen molar-refractivity contribution in [2.75, 3.05) is 33.7 Å². The zero-order valence-corrected chi connectivity index (χ0v) is 21.4. The molecule has 5 nitrogen and oxygen atoms in total. The zero-order chi connectivity index (χ0) is 27.1. The molecule has 0 fully saturated rings. The highest BCUT2D eigenvalue weighted by molar-refractivity contribution is 5.73. The third-order valence-corrected chi connectivity index (χ3v) is 5.53. The largest absolute Gasteiger partial charge is 0.490 e. The van der Waals surface area contributed by atoms with Crippen molar-refractivity contribution in [3.05, 3.63) is 95.6 Å². The van der Waals surface area contributed by atoms with E-state index in [1.54, 1.807) is 0 Å². The fourth-order valence-corrected chi connectivity index (χ4v) is 3.49. The Bertz CT molecular complexity index is 1040. The highest BCUT2D eigenvalue weighted by Gasteiger charge is 2.38. The molecule has 0 heterocycles. The van der Waals surface area contributed by atoms with Crippen molar-refractivity contribution in [2.24, 2.45) is 0 Å². The fourth-order valence-electron chi connectivity index (χ4n) is 3.49. The van der Waals surface area contributed by atoms with Crippen LogP contribution in [0.15, 0.2) is 78.9 Å². The third kappa shape index (κ3) is 12.5. The quantitative estimate of drug-likeness (QED) is 0.284. The first-order valence-electron chi connectivity index (χ1n) is 12.2. The molecule has 0 aliphatic heterocycles. The number of nitrogens with one attached hydrogen (secondary N) is 2. The van der Waals surface area contributed by atoms with Crippen LogP contribution >= 0.6 is 0 Å². The minimum Gasteiger partial charge on any atom is -0.475 e. The van der Waals surface area contributed by atoms with Crippen molar-refractivity contribution >= 4 is 5.97 Å². The van der Waals surface area contributed by atoms with Gasteiger partial charge in [-0.15, -0.1) is 0 Å². The number of hydrogen-bond donors (Lipinski definition) is 3. The van der Waals surface area contributed by atoms with E-state index in [1.807, 2.05) is 0 Å². The molecule has 37 heavy (non-hydrogen) atoms. The minimum atomic E-state index is -5.08. The van der Waals surface area contributed by atoms with Crippen LogP contribution in [-0.2, 0) is 24.3 Å². The van der Waals surface area contributed by atoms with E-state index in [1.165, 1.54) is 34.2 Å². The minimum absolute atomic E-state index is 0.908. The molecule has 0 saturated heterocycles. The molecule has 3 aromatic carbocycles. The van der Waals surface area contributed by atoms with Gasteiger partial charge in [0.05, 0.1) is 0 Å². The van der Waals surface area contributed by atoms with Crippen LogP contribution in [-0.4, -0.2) is 55.9 Å². The summed E-state index contributed by atoms with van der Waals surface area (Å²) in [6, 6.07) is 28.5.